The molecule has 1 saturated carbocycles. The number of benzene rings is 1. The summed E-state index contributed by atoms with van der Waals surface area (Å²) in [5.74, 6) is 0.640. The van der Waals surface area contributed by atoms with Crippen LogP contribution in [0, 0.1) is 5.82 Å². The lowest BCUT2D eigenvalue weighted by atomic mass is 10.1. The van der Waals surface area contributed by atoms with Gasteiger partial charge in [-0.05, 0) is 31.9 Å². The topological polar surface area (TPSA) is 70.6 Å². The van der Waals surface area contributed by atoms with Crippen molar-refractivity contribution in [2.75, 3.05) is 18.1 Å². The summed E-state index contributed by atoms with van der Waals surface area (Å²) in [7, 11) is -2.95. The number of nitrogens with one attached hydrogen (secondary N) is 2. The Balaban J connectivity index is 0.00000225. The molecule has 3 atom stereocenters. The number of aliphatic imine (C=N–C) groups is 1. The van der Waals surface area contributed by atoms with Crippen molar-refractivity contribution in [3.63, 3.8) is 0 Å². The molecule has 1 aromatic rings. The van der Waals surface area contributed by atoms with Crippen molar-refractivity contribution >= 4 is 51.4 Å². The summed E-state index contributed by atoms with van der Waals surface area (Å²) in [4.78, 5) is 4.36. The molecule has 3 unspecified atom stereocenters. The van der Waals surface area contributed by atoms with E-state index in [0.29, 0.717) is 29.5 Å². The van der Waals surface area contributed by atoms with Crippen LogP contribution in [0.2, 0.25) is 5.02 Å². The number of hydrogen-bond donors (Lipinski definition) is 2. The average molecular weight is 502 g/mol. The predicted molar refractivity (Wildman–Crippen MR) is 109 cm³/mol. The average Bonchev–Trinajstić information content (AvgIpc) is 3.14. The van der Waals surface area contributed by atoms with Crippen LogP contribution in [-0.2, 0) is 9.84 Å². The van der Waals surface area contributed by atoms with Gasteiger partial charge in [-0.15, -0.1) is 24.0 Å². The van der Waals surface area contributed by atoms with Crippen LogP contribution in [0.1, 0.15) is 31.2 Å². The summed E-state index contributed by atoms with van der Waals surface area (Å²) in [6, 6.07) is 4.63. The lowest BCUT2D eigenvalue weighted by molar-refractivity contribution is 0.598. The molecule has 2 fully saturated rings. The zero-order valence-corrected chi connectivity index (χ0v) is 17.7. The van der Waals surface area contributed by atoms with Crippen molar-refractivity contribution in [1.29, 1.82) is 0 Å². The lowest BCUT2D eigenvalue weighted by Gasteiger charge is -2.17. The highest BCUT2D eigenvalue weighted by atomic mass is 127. The highest BCUT2D eigenvalue weighted by molar-refractivity contribution is 14.0. The third-order valence-corrected chi connectivity index (χ3v) is 6.47. The van der Waals surface area contributed by atoms with E-state index in [0.717, 1.165) is 6.42 Å². The molecular formula is C16H22ClFIN3O2S. The molecular weight excluding hydrogens is 480 g/mol. The Morgan fingerprint density at radius 2 is 2.16 bits per heavy atom. The van der Waals surface area contributed by atoms with Gasteiger partial charge >= 0.3 is 0 Å². The summed E-state index contributed by atoms with van der Waals surface area (Å²) < 4.78 is 37.1. The Morgan fingerprint density at radius 3 is 2.76 bits per heavy atom. The summed E-state index contributed by atoms with van der Waals surface area (Å²) >= 11 is 6.12. The Hall–Kier alpha value is -0.610. The van der Waals surface area contributed by atoms with Crippen molar-refractivity contribution in [2.45, 2.75) is 37.8 Å². The van der Waals surface area contributed by atoms with E-state index in [-0.39, 0.29) is 59.3 Å². The summed E-state index contributed by atoms with van der Waals surface area (Å²) in [6.45, 7) is 2.49. The van der Waals surface area contributed by atoms with Gasteiger partial charge in [0.2, 0.25) is 0 Å². The molecule has 9 heteroatoms. The minimum Gasteiger partial charge on any atom is -0.353 e. The molecule has 1 aromatic carbocycles. The molecule has 1 heterocycles. The van der Waals surface area contributed by atoms with Crippen molar-refractivity contribution in [1.82, 2.24) is 10.6 Å². The molecule has 5 nitrogen and oxygen atoms in total. The van der Waals surface area contributed by atoms with Gasteiger partial charge in [-0.25, -0.2) is 12.8 Å². The van der Waals surface area contributed by atoms with Crippen LogP contribution >= 0.6 is 35.6 Å². The van der Waals surface area contributed by atoms with Crippen LogP contribution in [-0.4, -0.2) is 44.5 Å². The summed E-state index contributed by atoms with van der Waals surface area (Å²) in [6.07, 6.45) is 1.36. The van der Waals surface area contributed by atoms with Gasteiger partial charge in [0.25, 0.3) is 0 Å². The first kappa shape index (κ1) is 20.7. The maximum absolute atomic E-state index is 14.0. The van der Waals surface area contributed by atoms with Gasteiger partial charge in [0, 0.05) is 35.1 Å². The lowest BCUT2D eigenvalue weighted by Crippen LogP contribution is -2.45. The van der Waals surface area contributed by atoms with Gasteiger partial charge in [-0.1, -0.05) is 17.7 Å². The molecule has 0 amide bonds. The van der Waals surface area contributed by atoms with E-state index < -0.39 is 9.84 Å². The molecule has 1 aliphatic carbocycles. The summed E-state index contributed by atoms with van der Waals surface area (Å²) in [5, 5.41) is 6.88. The van der Waals surface area contributed by atoms with E-state index in [1.807, 2.05) is 6.92 Å². The molecule has 1 saturated heterocycles. The van der Waals surface area contributed by atoms with Crippen LogP contribution in [0.15, 0.2) is 23.2 Å². The standard InChI is InChI=1S/C16H21ClFN3O2S.HI/c1-2-19-16(20-10-6-7-24(22,23)9-10)21-14-8-11(14)15-12(17)4-3-5-13(15)18;/h3-5,10-11,14H,2,6-9H2,1H3,(H2,19,20,21);1H. The van der Waals surface area contributed by atoms with Crippen LogP contribution < -0.4 is 10.6 Å². The van der Waals surface area contributed by atoms with Gasteiger partial charge in [0.1, 0.15) is 5.82 Å². The Bertz CT molecular complexity index is 739. The van der Waals surface area contributed by atoms with Crippen LogP contribution in [0.5, 0.6) is 0 Å². The fourth-order valence-corrected chi connectivity index (χ4v) is 5.08. The molecule has 2 N–H and O–H groups in total. The normalized spacial score (nSPS) is 27.5. The van der Waals surface area contributed by atoms with E-state index in [2.05, 4.69) is 15.6 Å². The third kappa shape index (κ3) is 5.19. The van der Waals surface area contributed by atoms with Crippen molar-refractivity contribution < 1.29 is 12.8 Å². The second-order valence-electron chi connectivity index (χ2n) is 6.30. The van der Waals surface area contributed by atoms with E-state index in [9.17, 15) is 12.8 Å². The molecule has 0 radical (unpaired) electrons. The highest BCUT2D eigenvalue weighted by Gasteiger charge is 2.42. The number of guanidine groups is 1. The summed E-state index contributed by atoms with van der Waals surface area (Å²) in [5.41, 5.74) is 0.538. The van der Waals surface area contributed by atoms with Crippen molar-refractivity contribution in [3.8, 4) is 0 Å². The molecule has 0 aromatic heterocycles. The van der Waals surface area contributed by atoms with Gasteiger partial charge in [-0.3, -0.25) is 4.99 Å². The molecule has 3 rings (SSSR count). The molecule has 0 spiro atoms. The molecule has 0 bridgehead atoms. The van der Waals surface area contributed by atoms with E-state index in [4.69, 9.17) is 11.6 Å². The number of halogens is 3. The number of nitrogens with zero attached hydrogens (tertiary/aromatic N) is 1. The number of sulfone groups is 1. The maximum atomic E-state index is 14.0. The third-order valence-electron chi connectivity index (χ3n) is 4.37. The Morgan fingerprint density at radius 1 is 1.40 bits per heavy atom. The monoisotopic (exact) mass is 501 g/mol. The quantitative estimate of drug-likeness (QED) is 0.378. The first-order valence-corrected chi connectivity index (χ1v) is 10.3. The van der Waals surface area contributed by atoms with Crippen molar-refractivity contribution in [3.05, 3.63) is 34.6 Å². The minimum atomic E-state index is -2.95. The highest BCUT2D eigenvalue weighted by Crippen LogP contribution is 2.44. The van der Waals surface area contributed by atoms with E-state index >= 15 is 0 Å². The molecule has 1 aliphatic heterocycles. The molecule has 2 aliphatic rings. The molecule has 140 valence electrons. The largest absolute Gasteiger partial charge is 0.353 e. The fourth-order valence-electron chi connectivity index (χ4n) is 3.11. The van der Waals surface area contributed by atoms with Gasteiger partial charge < -0.3 is 10.6 Å². The smallest absolute Gasteiger partial charge is 0.191 e. The van der Waals surface area contributed by atoms with Crippen molar-refractivity contribution in [2.24, 2.45) is 4.99 Å². The first-order chi connectivity index (χ1) is 11.4. The van der Waals surface area contributed by atoms with E-state index in [1.54, 1.807) is 12.1 Å². The van der Waals surface area contributed by atoms with Crippen LogP contribution in [0.25, 0.3) is 0 Å². The maximum Gasteiger partial charge on any atom is 0.191 e. The van der Waals surface area contributed by atoms with E-state index in [1.165, 1.54) is 6.07 Å². The Labute approximate surface area is 169 Å². The zero-order chi connectivity index (χ0) is 17.3. The number of hydrogen-bond acceptors (Lipinski definition) is 3. The second kappa shape index (κ2) is 8.39. The van der Waals surface area contributed by atoms with Gasteiger partial charge in [-0.2, -0.15) is 0 Å². The predicted octanol–water partition coefficient (Wildman–Crippen LogP) is 2.70. The molecule has 25 heavy (non-hydrogen) atoms. The first-order valence-electron chi connectivity index (χ1n) is 8.11. The van der Waals surface area contributed by atoms with Crippen LogP contribution in [0.4, 0.5) is 4.39 Å². The fraction of sp³-hybridized carbons (Fsp3) is 0.562. The van der Waals surface area contributed by atoms with Gasteiger partial charge in [0.05, 0.1) is 11.5 Å². The SMILES string of the molecule is CCN=C(NC1CCS(=O)(=O)C1)NC1CC1c1c(F)cccc1Cl.I. The second-order valence-corrected chi connectivity index (χ2v) is 8.93. The minimum absolute atomic E-state index is 0. The van der Waals surface area contributed by atoms with Crippen LogP contribution in [0.3, 0.4) is 0 Å². The van der Waals surface area contributed by atoms with Gasteiger partial charge in [0.15, 0.2) is 15.8 Å². The Kier molecular flexibility index (Phi) is 6.94. The zero-order valence-electron chi connectivity index (χ0n) is 13.8. The number of rotatable bonds is 4.